The van der Waals surface area contributed by atoms with Crippen LogP contribution in [-0.2, 0) is 28.6 Å². The fraction of sp³-hybridized carbons (Fsp3) is 0.873. The van der Waals surface area contributed by atoms with Gasteiger partial charge in [-0.1, -0.05) is 320 Å². The highest BCUT2D eigenvalue weighted by atomic mass is 16.6. The van der Waals surface area contributed by atoms with Crippen LogP contribution in [0.5, 0.6) is 0 Å². The van der Waals surface area contributed by atoms with Gasteiger partial charge >= 0.3 is 17.9 Å². The lowest BCUT2D eigenvalue weighted by Crippen LogP contribution is -2.30. The smallest absolute Gasteiger partial charge is 0.306 e. The van der Waals surface area contributed by atoms with Crippen molar-refractivity contribution in [1.82, 2.24) is 0 Å². The van der Waals surface area contributed by atoms with Crippen molar-refractivity contribution in [2.24, 2.45) is 0 Å². The van der Waals surface area contributed by atoms with Crippen LogP contribution in [0.1, 0.15) is 380 Å². The lowest BCUT2D eigenvalue weighted by Gasteiger charge is -2.18. The van der Waals surface area contributed by atoms with Crippen LogP contribution < -0.4 is 0 Å². The van der Waals surface area contributed by atoms with E-state index in [2.05, 4.69) is 57.2 Å². The fourth-order valence-electron chi connectivity index (χ4n) is 10.4. The first kappa shape index (κ1) is 74.6. The minimum Gasteiger partial charge on any atom is -0.462 e. The molecule has 0 aliphatic heterocycles. The molecule has 0 aliphatic rings. The van der Waals surface area contributed by atoms with Gasteiger partial charge in [0.2, 0.25) is 0 Å². The maximum absolute atomic E-state index is 12.9. The molecule has 0 heterocycles. The molecule has 0 aromatic heterocycles. The summed E-state index contributed by atoms with van der Waals surface area (Å²) < 4.78 is 16.9. The largest absolute Gasteiger partial charge is 0.462 e. The number of esters is 3. The summed E-state index contributed by atoms with van der Waals surface area (Å²) in [5, 5.41) is 0. The van der Waals surface area contributed by atoms with E-state index >= 15 is 0 Å². The predicted molar refractivity (Wildman–Crippen MR) is 335 cm³/mol. The topological polar surface area (TPSA) is 78.9 Å². The highest BCUT2D eigenvalue weighted by molar-refractivity contribution is 5.71. The number of ether oxygens (including phenoxy) is 3. The molecule has 6 nitrogen and oxygen atoms in total. The molecular weight excluding hydrogens is 949 g/mol. The van der Waals surface area contributed by atoms with Gasteiger partial charge in [0.25, 0.3) is 0 Å². The normalized spacial score (nSPS) is 12.2. The Hall–Kier alpha value is -2.37. The summed E-state index contributed by atoms with van der Waals surface area (Å²) in [7, 11) is 0. The van der Waals surface area contributed by atoms with Gasteiger partial charge in [0.05, 0.1) is 0 Å². The van der Waals surface area contributed by atoms with E-state index in [0.29, 0.717) is 19.3 Å². The molecule has 0 radical (unpaired) electrons. The van der Waals surface area contributed by atoms with Crippen LogP contribution >= 0.6 is 0 Å². The molecule has 0 amide bonds. The first-order valence-electron chi connectivity index (χ1n) is 34.5. The second-order valence-electron chi connectivity index (χ2n) is 23.4. The molecule has 6 heteroatoms. The number of carbonyl (C=O) groups excluding carboxylic acids is 3. The van der Waals surface area contributed by atoms with E-state index in [1.807, 2.05) is 0 Å². The second-order valence-corrected chi connectivity index (χ2v) is 23.4. The number of rotatable bonds is 64. The molecule has 0 saturated heterocycles. The van der Waals surface area contributed by atoms with E-state index in [0.717, 1.165) is 64.2 Å². The van der Waals surface area contributed by atoms with E-state index in [1.165, 1.54) is 276 Å². The minimum atomic E-state index is -0.769. The molecule has 0 aromatic carbocycles. The number of hydrogen-bond donors (Lipinski definition) is 0. The van der Waals surface area contributed by atoms with Crippen molar-refractivity contribution in [2.45, 2.75) is 386 Å². The van der Waals surface area contributed by atoms with Crippen LogP contribution in [0.2, 0.25) is 0 Å². The van der Waals surface area contributed by atoms with Crippen LogP contribution in [0.3, 0.4) is 0 Å². The molecule has 0 aliphatic carbocycles. The molecule has 1 atom stereocenters. The highest BCUT2D eigenvalue weighted by Crippen LogP contribution is 2.18. The highest BCUT2D eigenvalue weighted by Gasteiger charge is 2.19. The van der Waals surface area contributed by atoms with Gasteiger partial charge in [-0.15, -0.1) is 0 Å². The molecule has 452 valence electrons. The summed E-state index contributed by atoms with van der Waals surface area (Å²) in [5.41, 5.74) is 0. The van der Waals surface area contributed by atoms with E-state index < -0.39 is 6.10 Å². The maximum Gasteiger partial charge on any atom is 0.306 e. The summed E-state index contributed by atoms with van der Waals surface area (Å²) in [5.74, 6) is -0.847. The van der Waals surface area contributed by atoms with E-state index in [1.54, 1.807) is 0 Å². The first-order valence-corrected chi connectivity index (χ1v) is 34.5. The van der Waals surface area contributed by atoms with Gasteiger partial charge < -0.3 is 14.2 Å². The minimum absolute atomic E-state index is 0.0677. The zero-order valence-electron chi connectivity index (χ0n) is 52.0. The van der Waals surface area contributed by atoms with Crippen LogP contribution in [0.4, 0.5) is 0 Å². The van der Waals surface area contributed by atoms with Gasteiger partial charge in [0.1, 0.15) is 13.2 Å². The quantitative estimate of drug-likeness (QED) is 0.0261. The Balaban J connectivity index is 4.10. The van der Waals surface area contributed by atoms with Crippen molar-refractivity contribution in [3.63, 3.8) is 0 Å². The number of carbonyl (C=O) groups is 3. The molecule has 0 aromatic rings. The lowest BCUT2D eigenvalue weighted by atomic mass is 10.0. The Morgan fingerprint density at radius 2 is 0.468 bits per heavy atom. The predicted octanol–water partition coefficient (Wildman–Crippen LogP) is 23.6. The Kier molecular flexibility index (Phi) is 64.1. The molecule has 0 spiro atoms. The molecule has 1 unspecified atom stereocenters. The van der Waals surface area contributed by atoms with Gasteiger partial charge in [-0.3, -0.25) is 14.4 Å². The Labute approximate surface area is 480 Å². The SMILES string of the molecule is CCCCCCC/C=C\C/C=C\CCCCCCCCCCCCCCCCCCCC(=O)OCC(COC(=O)CCCCCCCCCCC)OC(=O)CCCCCCCCCCC/C=C\CCCCCCCCCC. The Morgan fingerprint density at radius 3 is 0.727 bits per heavy atom. The van der Waals surface area contributed by atoms with E-state index in [-0.39, 0.29) is 31.1 Å². The van der Waals surface area contributed by atoms with Crippen LogP contribution in [0, 0.1) is 0 Å². The average molecular weight is 1080 g/mol. The van der Waals surface area contributed by atoms with Crippen molar-refractivity contribution in [2.75, 3.05) is 13.2 Å². The van der Waals surface area contributed by atoms with Crippen molar-refractivity contribution in [3.05, 3.63) is 36.5 Å². The third-order valence-electron chi connectivity index (χ3n) is 15.6. The van der Waals surface area contributed by atoms with Gasteiger partial charge in [-0.25, -0.2) is 0 Å². The number of allylic oxidation sites excluding steroid dienone is 6. The van der Waals surface area contributed by atoms with Gasteiger partial charge in [0.15, 0.2) is 6.10 Å². The zero-order valence-corrected chi connectivity index (χ0v) is 52.0. The van der Waals surface area contributed by atoms with Gasteiger partial charge in [0, 0.05) is 19.3 Å². The van der Waals surface area contributed by atoms with Crippen molar-refractivity contribution in [1.29, 1.82) is 0 Å². The molecule has 0 fully saturated rings. The standard InChI is InChI=1S/C71H132O6/c1-4-7-10-13-16-19-21-23-25-27-29-31-32-33-34-35-36-37-38-40-41-43-45-47-49-52-55-58-61-64-70(73)76-67-68(66-75-69(72)63-60-57-54-51-18-15-12-9-6-3)77-71(74)65-62-59-56-53-50-48-46-44-42-39-30-28-26-24-22-20-17-14-11-8-5-2/h21,23,27-30,68H,4-20,22,24-26,31-67H2,1-3H3/b23-21-,29-27-,30-28-. The fourth-order valence-corrected chi connectivity index (χ4v) is 10.4. The summed E-state index contributed by atoms with van der Waals surface area (Å²) in [4.78, 5) is 38.2. The average Bonchev–Trinajstić information content (AvgIpc) is 3.43. The van der Waals surface area contributed by atoms with E-state index in [4.69, 9.17) is 14.2 Å². The third-order valence-corrected chi connectivity index (χ3v) is 15.6. The molecule has 0 rings (SSSR count). The van der Waals surface area contributed by atoms with Gasteiger partial charge in [-0.2, -0.15) is 0 Å². The van der Waals surface area contributed by atoms with E-state index in [9.17, 15) is 14.4 Å². The number of unbranched alkanes of at least 4 members (excludes halogenated alkanes) is 47. The summed E-state index contributed by atoms with van der Waals surface area (Å²) in [6.07, 6.45) is 81.8. The molecule has 0 saturated carbocycles. The molecular formula is C71H132O6. The molecule has 0 N–H and O–H groups in total. The van der Waals surface area contributed by atoms with Crippen LogP contribution in [0.15, 0.2) is 36.5 Å². The van der Waals surface area contributed by atoms with Crippen molar-refractivity contribution in [3.8, 4) is 0 Å². The summed E-state index contributed by atoms with van der Waals surface area (Å²) >= 11 is 0. The van der Waals surface area contributed by atoms with Crippen LogP contribution in [0.25, 0.3) is 0 Å². The zero-order chi connectivity index (χ0) is 55.7. The summed E-state index contributed by atoms with van der Waals surface area (Å²) in [6.45, 7) is 6.67. The first-order chi connectivity index (χ1) is 38.0. The number of hydrogen-bond acceptors (Lipinski definition) is 6. The molecule has 0 bridgehead atoms. The monoisotopic (exact) mass is 1080 g/mol. The molecule has 77 heavy (non-hydrogen) atoms. The van der Waals surface area contributed by atoms with Crippen molar-refractivity contribution < 1.29 is 28.6 Å². The third kappa shape index (κ3) is 64.3. The lowest BCUT2D eigenvalue weighted by molar-refractivity contribution is -0.167. The van der Waals surface area contributed by atoms with Gasteiger partial charge in [-0.05, 0) is 77.0 Å². The Morgan fingerprint density at radius 1 is 0.260 bits per heavy atom. The maximum atomic E-state index is 12.9. The summed E-state index contributed by atoms with van der Waals surface area (Å²) in [6, 6.07) is 0. The Bertz CT molecular complexity index is 1290. The second kappa shape index (κ2) is 66.1. The van der Waals surface area contributed by atoms with Crippen LogP contribution in [-0.4, -0.2) is 37.2 Å². The van der Waals surface area contributed by atoms with Crippen molar-refractivity contribution >= 4 is 17.9 Å².